The Hall–Kier alpha value is -3.74. The van der Waals surface area contributed by atoms with Crippen molar-refractivity contribution >= 4 is 17.7 Å². The molecule has 2 aromatic carbocycles. The molecule has 0 aromatic heterocycles. The van der Waals surface area contributed by atoms with Gasteiger partial charge in [0.05, 0.1) is 18.7 Å². The van der Waals surface area contributed by atoms with Gasteiger partial charge in [-0.25, -0.2) is 4.39 Å². The van der Waals surface area contributed by atoms with Crippen molar-refractivity contribution in [3.05, 3.63) is 70.8 Å². The summed E-state index contributed by atoms with van der Waals surface area (Å²) in [6.45, 7) is 1.43. The highest BCUT2D eigenvalue weighted by atomic mass is 19.1. The normalized spacial score (nSPS) is 23.8. The Labute approximate surface area is 234 Å². The van der Waals surface area contributed by atoms with E-state index in [1.165, 1.54) is 0 Å². The lowest BCUT2D eigenvalue weighted by atomic mass is 10.1. The first-order valence-electron chi connectivity index (χ1n) is 13.9. The average molecular weight is 547 g/mol. The molecule has 5 rings (SSSR count). The maximum atomic E-state index is 13.5. The highest BCUT2D eigenvalue weighted by Gasteiger charge is 2.42. The number of nitrogens with zero attached hydrogens (tertiary/aromatic N) is 1. The Bertz CT molecular complexity index is 1280. The van der Waals surface area contributed by atoms with Crippen LogP contribution in [0.2, 0.25) is 0 Å². The van der Waals surface area contributed by atoms with Crippen molar-refractivity contribution in [1.82, 2.24) is 20.9 Å². The zero-order valence-electron chi connectivity index (χ0n) is 22.6. The zero-order valence-corrected chi connectivity index (χ0v) is 22.6. The van der Waals surface area contributed by atoms with Crippen LogP contribution < -0.4 is 16.0 Å². The predicted octanol–water partition coefficient (Wildman–Crippen LogP) is 2.16. The molecule has 1 saturated carbocycles. The van der Waals surface area contributed by atoms with Crippen LogP contribution >= 0.6 is 0 Å². The van der Waals surface area contributed by atoms with Crippen LogP contribution in [0.5, 0.6) is 0 Å². The fourth-order valence-corrected chi connectivity index (χ4v) is 5.26. The van der Waals surface area contributed by atoms with E-state index in [0.717, 1.165) is 29.5 Å². The van der Waals surface area contributed by atoms with Gasteiger partial charge in [-0.1, -0.05) is 24.0 Å². The maximum absolute atomic E-state index is 13.5. The molecule has 0 spiro atoms. The number of likely N-dealkylation sites (tertiary alicyclic amines) is 1. The monoisotopic (exact) mass is 546 g/mol. The first kappa shape index (κ1) is 27.8. The van der Waals surface area contributed by atoms with E-state index < -0.39 is 12.2 Å². The van der Waals surface area contributed by atoms with Crippen LogP contribution in [0.1, 0.15) is 52.7 Å². The number of benzene rings is 2. The van der Waals surface area contributed by atoms with Gasteiger partial charge in [-0.2, -0.15) is 0 Å². The van der Waals surface area contributed by atoms with Crippen LogP contribution in [-0.2, 0) is 20.9 Å². The molecule has 4 atom stereocenters. The Morgan fingerprint density at radius 1 is 1.02 bits per heavy atom. The van der Waals surface area contributed by atoms with Gasteiger partial charge >= 0.3 is 0 Å². The van der Waals surface area contributed by atoms with Crippen molar-refractivity contribution in [1.29, 1.82) is 0 Å². The third kappa shape index (κ3) is 7.06. The van der Waals surface area contributed by atoms with Crippen molar-refractivity contribution in [2.75, 3.05) is 26.7 Å². The molecular formula is C31H35FN4O4. The van der Waals surface area contributed by atoms with Crippen LogP contribution in [0, 0.1) is 17.8 Å². The van der Waals surface area contributed by atoms with E-state index in [1.54, 1.807) is 24.1 Å². The number of methoxy groups -OCH3 is 1. The van der Waals surface area contributed by atoms with Crippen LogP contribution in [0.3, 0.4) is 0 Å². The molecule has 40 heavy (non-hydrogen) atoms. The Morgan fingerprint density at radius 3 is 2.30 bits per heavy atom. The summed E-state index contributed by atoms with van der Waals surface area (Å²) in [5.74, 6) is 5.89. The number of amides is 3. The number of alkyl halides is 1. The number of halogens is 1. The number of rotatable bonds is 8. The minimum absolute atomic E-state index is 0.0356. The summed E-state index contributed by atoms with van der Waals surface area (Å²) in [5, 5.41) is 8.84. The topological polar surface area (TPSA) is 99.8 Å². The molecule has 2 aliphatic heterocycles. The third-order valence-electron chi connectivity index (χ3n) is 7.63. The molecule has 3 amide bonds. The first-order valence-corrected chi connectivity index (χ1v) is 13.9. The Kier molecular flexibility index (Phi) is 8.78. The highest BCUT2D eigenvalue weighted by Crippen LogP contribution is 2.33. The molecule has 0 bridgehead atoms. The average Bonchev–Trinajstić information content (AvgIpc) is 3.60. The van der Waals surface area contributed by atoms with Crippen molar-refractivity contribution in [3.8, 4) is 11.8 Å². The summed E-state index contributed by atoms with van der Waals surface area (Å²) < 4.78 is 18.6. The quantitative estimate of drug-likeness (QED) is 0.441. The molecule has 3 fully saturated rings. The van der Waals surface area contributed by atoms with Gasteiger partial charge in [0, 0.05) is 61.8 Å². The van der Waals surface area contributed by atoms with Crippen molar-refractivity contribution in [2.45, 2.75) is 56.6 Å². The second-order valence-corrected chi connectivity index (χ2v) is 10.8. The van der Waals surface area contributed by atoms with E-state index in [4.69, 9.17) is 4.74 Å². The second-order valence-electron chi connectivity index (χ2n) is 10.8. The van der Waals surface area contributed by atoms with Gasteiger partial charge in [-0.15, -0.1) is 0 Å². The van der Waals surface area contributed by atoms with Crippen LogP contribution in [0.25, 0.3) is 0 Å². The Morgan fingerprint density at radius 2 is 1.70 bits per heavy atom. The van der Waals surface area contributed by atoms with Gasteiger partial charge in [0.1, 0.15) is 6.17 Å². The smallest absolute Gasteiger partial charge is 0.251 e. The summed E-state index contributed by atoms with van der Waals surface area (Å²) >= 11 is 0. The molecule has 0 radical (unpaired) electrons. The number of nitrogens with one attached hydrogen (secondary N) is 3. The molecule has 2 saturated heterocycles. The summed E-state index contributed by atoms with van der Waals surface area (Å²) in [5.41, 5.74) is 3.28. The first-order chi connectivity index (χ1) is 19.4. The van der Waals surface area contributed by atoms with E-state index in [-0.39, 0.29) is 48.7 Å². The number of hydrogen-bond donors (Lipinski definition) is 3. The standard InChI is InChI=1S/C31H35FN4O4/c1-40-19-22-6-4-20(5-7-22)2-3-21-8-10-23(11-9-21)29(37)34-17-27-15-26(18-36(27)31(39)24-12-13-24)35-30(38)28-14-25(32)16-33-28/h4-11,24-28,33H,12-19H2,1H3,(H,34,37)(H,35,38)/t25-,26+,27+,28-/m0/s1. The van der Waals surface area contributed by atoms with Crippen molar-refractivity contribution in [2.24, 2.45) is 5.92 Å². The minimum Gasteiger partial charge on any atom is -0.380 e. The molecule has 2 aromatic rings. The second kappa shape index (κ2) is 12.6. The number of hydrogen-bond acceptors (Lipinski definition) is 5. The summed E-state index contributed by atoms with van der Waals surface area (Å²) in [6, 6.07) is 14.0. The summed E-state index contributed by atoms with van der Waals surface area (Å²) in [6.07, 6.45) is 1.44. The molecule has 2 heterocycles. The lowest BCUT2D eigenvalue weighted by Crippen LogP contribution is -2.46. The van der Waals surface area contributed by atoms with Gasteiger partial charge < -0.3 is 25.6 Å². The van der Waals surface area contributed by atoms with Crippen molar-refractivity contribution in [3.63, 3.8) is 0 Å². The van der Waals surface area contributed by atoms with Gasteiger partial charge in [0.25, 0.3) is 5.91 Å². The van der Waals surface area contributed by atoms with E-state index in [9.17, 15) is 18.8 Å². The van der Waals surface area contributed by atoms with Crippen LogP contribution in [-0.4, -0.2) is 73.7 Å². The summed E-state index contributed by atoms with van der Waals surface area (Å²) in [7, 11) is 1.66. The molecule has 9 heteroatoms. The maximum Gasteiger partial charge on any atom is 0.251 e. The Balaban J connectivity index is 1.15. The van der Waals surface area contributed by atoms with Crippen LogP contribution in [0.4, 0.5) is 4.39 Å². The van der Waals surface area contributed by atoms with E-state index >= 15 is 0 Å². The van der Waals surface area contributed by atoms with E-state index in [2.05, 4.69) is 27.8 Å². The predicted molar refractivity (Wildman–Crippen MR) is 148 cm³/mol. The zero-order chi connectivity index (χ0) is 28.1. The van der Waals surface area contributed by atoms with Crippen molar-refractivity contribution < 1.29 is 23.5 Å². The van der Waals surface area contributed by atoms with Gasteiger partial charge in [-0.05, 0) is 61.2 Å². The molecular weight excluding hydrogens is 511 g/mol. The number of ether oxygens (including phenoxy) is 1. The minimum atomic E-state index is -1.02. The van der Waals surface area contributed by atoms with Gasteiger partial charge in [-0.3, -0.25) is 14.4 Å². The molecule has 210 valence electrons. The fourth-order valence-electron chi connectivity index (χ4n) is 5.26. The molecule has 0 unspecified atom stereocenters. The highest BCUT2D eigenvalue weighted by molar-refractivity contribution is 5.94. The third-order valence-corrected chi connectivity index (χ3v) is 7.63. The SMILES string of the molecule is COCc1ccc(C#Cc2ccc(C(=O)NC[C@H]3C[C@@H](NC(=O)[C@@H]4C[C@H](F)CN4)CN3C(=O)C3CC3)cc2)cc1. The fraction of sp³-hybridized carbons (Fsp3) is 0.452. The number of carbonyl (C=O) groups excluding carboxylic acids is 3. The van der Waals surface area contributed by atoms with E-state index in [0.29, 0.717) is 31.7 Å². The molecule has 8 nitrogen and oxygen atoms in total. The van der Waals surface area contributed by atoms with E-state index in [1.807, 2.05) is 36.4 Å². The lowest BCUT2D eigenvalue weighted by molar-refractivity contribution is -0.133. The summed E-state index contributed by atoms with van der Waals surface area (Å²) in [4.78, 5) is 40.2. The largest absolute Gasteiger partial charge is 0.380 e. The van der Waals surface area contributed by atoms with Gasteiger partial charge in [0.2, 0.25) is 11.8 Å². The number of carbonyl (C=O) groups is 3. The molecule has 3 aliphatic rings. The van der Waals surface area contributed by atoms with Crippen LogP contribution in [0.15, 0.2) is 48.5 Å². The lowest BCUT2D eigenvalue weighted by Gasteiger charge is -2.25. The molecule has 1 aliphatic carbocycles. The van der Waals surface area contributed by atoms with Gasteiger partial charge in [0.15, 0.2) is 0 Å². The molecule has 3 N–H and O–H groups in total.